The van der Waals surface area contributed by atoms with Crippen LogP contribution in [-0.4, -0.2) is 46.2 Å². The first-order valence-electron chi connectivity index (χ1n) is 15.3. The molecule has 0 radical (unpaired) electrons. The van der Waals surface area contributed by atoms with Gasteiger partial charge in [0.1, 0.15) is 19.0 Å². The molecule has 0 spiro atoms. The summed E-state index contributed by atoms with van der Waals surface area (Å²) in [4.78, 5) is 25.9. The zero-order valence-corrected chi connectivity index (χ0v) is 24.6. The van der Waals surface area contributed by atoms with Gasteiger partial charge in [-0.1, -0.05) is 43.7 Å². The van der Waals surface area contributed by atoms with Crippen molar-refractivity contribution in [1.82, 2.24) is 0 Å². The fourth-order valence-corrected chi connectivity index (χ4v) is 9.39. The van der Waals surface area contributed by atoms with Gasteiger partial charge in [0.05, 0.1) is 12.2 Å². The molecule has 8 nitrogen and oxygen atoms in total. The summed E-state index contributed by atoms with van der Waals surface area (Å²) in [5.41, 5.74) is 6.67. The van der Waals surface area contributed by atoms with Crippen LogP contribution in [0.15, 0.2) is 72.3 Å². The first-order chi connectivity index (χ1) is 20.6. The number of ether oxygens (including phenoxy) is 3. The van der Waals surface area contributed by atoms with Crippen molar-refractivity contribution in [2.75, 3.05) is 12.3 Å². The second-order valence-corrected chi connectivity index (χ2v) is 13.4. The topological polar surface area (TPSA) is 128 Å². The summed E-state index contributed by atoms with van der Waals surface area (Å²) in [5.74, 6) is 0.386. The lowest BCUT2D eigenvalue weighted by molar-refractivity contribution is -0.201. The maximum Gasteiger partial charge on any atom is 0.193 e. The summed E-state index contributed by atoms with van der Waals surface area (Å²) in [6, 6.07) is 15.0. The zero-order valence-electron chi connectivity index (χ0n) is 24.6. The Labute approximate surface area is 251 Å². The Morgan fingerprint density at radius 3 is 2.72 bits per heavy atom. The van der Waals surface area contributed by atoms with Gasteiger partial charge in [0.2, 0.25) is 0 Å². The molecule has 1 aliphatic heterocycles. The summed E-state index contributed by atoms with van der Waals surface area (Å²) in [6.07, 6.45) is 5.81. The average molecular weight is 586 g/mol. The van der Waals surface area contributed by atoms with Crippen LogP contribution in [-0.2, 0) is 25.7 Å². The predicted molar refractivity (Wildman–Crippen MR) is 159 cm³/mol. The van der Waals surface area contributed by atoms with Gasteiger partial charge in [0, 0.05) is 28.0 Å². The number of Topliss-reactive ketones (excluding diaryl/α,β-unsaturated/α-hetero) is 1. The zero-order chi connectivity index (χ0) is 30.1. The number of ketones is 2. The number of benzene rings is 2. The van der Waals surface area contributed by atoms with Gasteiger partial charge in [-0.05, 0) is 85.6 Å². The minimum atomic E-state index is -1.38. The minimum absolute atomic E-state index is 0.00215. The van der Waals surface area contributed by atoms with Gasteiger partial charge in [0.15, 0.2) is 23.5 Å². The fourth-order valence-electron chi connectivity index (χ4n) is 9.39. The van der Waals surface area contributed by atoms with Crippen molar-refractivity contribution < 1.29 is 34.0 Å². The van der Waals surface area contributed by atoms with Crippen molar-refractivity contribution in [2.24, 2.45) is 28.6 Å². The number of fused-ring (bicyclic) bond motifs is 7. The van der Waals surface area contributed by atoms with E-state index >= 15 is 0 Å². The van der Waals surface area contributed by atoms with Gasteiger partial charge in [-0.25, -0.2) is 0 Å². The van der Waals surface area contributed by atoms with E-state index in [1.807, 2.05) is 49.4 Å². The second-order valence-electron chi connectivity index (χ2n) is 13.4. The molecule has 9 atom stereocenters. The van der Waals surface area contributed by atoms with Crippen LogP contribution < -0.4 is 10.5 Å². The standard InChI is InChI=1S/C35H39NO7/c1-33-13-12-24(38)15-22(33)6-11-26-27-16-30-35(29(40)18-37,34(27,2)17-28(39)31(26)33)43-32(42-30)21-5-3-4-20(14-21)19-41-25-9-7-23(36)8-10-25/h3-5,7-10,12-15,26-28,30-32,37,39H,6,11,16-19,36H2,1-2H3/t26-,27-,28-,30+,31+,32-,33-,34-,35+/m0/s1. The molecule has 0 unspecified atom stereocenters. The molecule has 4 N–H and O–H groups in total. The number of aliphatic hydroxyl groups is 2. The molecular formula is C35H39NO7. The monoisotopic (exact) mass is 585 g/mol. The fraction of sp³-hybridized carbons (Fsp3) is 0.486. The van der Waals surface area contributed by atoms with Gasteiger partial charge in [-0.3, -0.25) is 9.59 Å². The smallest absolute Gasteiger partial charge is 0.193 e. The van der Waals surface area contributed by atoms with Crippen molar-refractivity contribution >= 4 is 17.3 Å². The first kappa shape index (κ1) is 28.5. The van der Waals surface area contributed by atoms with Crippen molar-refractivity contribution in [1.29, 1.82) is 0 Å². The Kier molecular flexibility index (Phi) is 6.70. The first-order valence-corrected chi connectivity index (χ1v) is 15.3. The highest BCUT2D eigenvalue weighted by Gasteiger charge is 2.75. The van der Waals surface area contributed by atoms with E-state index in [-0.39, 0.29) is 23.5 Å². The van der Waals surface area contributed by atoms with Crippen LogP contribution in [0, 0.1) is 28.6 Å². The lowest BCUT2D eigenvalue weighted by atomic mass is 9.46. The number of allylic oxidation sites excluding steroid dienone is 4. The SMILES string of the molecule is C[C@]12C=CC(=O)C=C1CC[C@@H]1[C@@H]2[C@@H](O)C[C@@]2(C)[C@H]1C[C@H]1O[C@H](c3cccc(COc4ccc(N)cc4)c3)O[C@]12C(=O)CO. The number of rotatable bonds is 6. The average Bonchev–Trinajstić information content (AvgIpc) is 3.50. The Bertz CT molecular complexity index is 1520. The number of anilines is 1. The maximum absolute atomic E-state index is 13.8. The molecular weight excluding hydrogens is 546 g/mol. The highest BCUT2D eigenvalue weighted by Crippen LogP contribution is 2.70. The number of nitrogen functional groups attached to an aromatic ring is 1. The molecule has 0 aromatic heterocycles. The third kappa shape index (κ3) is 4.18. The Balaban J connectivity index is 1.17. The maximum atomic E-state index is 13.8. The number of carbonyl (C=O) groups excluding carboxylic acids is 2. The van der Waals surface area contributed by atoms with Crippen LogP contribution in [0.4, 0.5) is 5.69 Å². The molecule has 0 amide bonds. The summed E-state index contributed by atoms with van der Waals surface area (Å²) in [7, 11) is 0. The lowest BCUT2D eigenvalue weighted by Gasteiger charge is -2.59. The van der Waals surface area contributed by atoms with Crippen molar-refractivity contribution in [3.05, 3.63) is 83.5 Å². The molecule has 2 aromatic rings. The molecule has 1 heterocycles. The molecule has 4 fully saturated rings. The molecule has 5 aliphatic rings. The normalized spacial score (nSPS) is 39.3. The van der Waals surface area contributed by atoms with Crippen molar-refractivity contribution in [3.8, 4) is 5.75 Å². The van der Waals surface area contributed by atoms with E-state index in [4.69, 9.17) is 19.9 Å². The summed E-state index contributed by atoms with van der Waals surface area (Å²) >= 11 is 0. The van der Waals surface area contributed by atoms with Crippen LogP contribution in [0.25, 0.3) is 0 Å². The van der Waals surface area contributed by atoms with Gasteiger partial charge < -0.3 is 30.2 Å². The molecule has 226 valence electrons. The molecule has 4 aliphatic carbocycles. The summed E-state index contributed by atoms with van der Waals surface area (Å²) in [5, 5.41) is 22.1. The highest BCUT2D eigenvalue weighted by molar-refractivity contribution is 6.01. The van der Waals surface area contributed by atoms with E-state index in [0.717, 1.165) is 29.5 Å². The van der Waals surface area contributed by atoms with E-state index < -0.39 is 47.3 Å². The number of hydrogen-bond donors (Lipinski definition) is 3. The van der Waals surface area contributed by atoms with Crippen molar-refractivity contribution in [3.63, 3.8) is 0 Å². The predicted octanol–water partition coefficient (Wildman–Crippen LogP) is 4.45. The summed E-state index contributed by atoms with van der Waals surface area (Å²) in [6.45, 7) is 3.84. The van der Waals surface area contributed by atoms with E-state index in [1.54, 1.807) is 24.3 Å². The third-order valence-electron chi connectivity index (χ3n) is 11.3. The quantitative estimate of drug-likeness (QED) is 0.425. The molecule has 8 heteroatoms. The molecule has 2 aromatic carbocycles. The molecule has 0 bridgehead atoms. The van der Waals surface area contributed by atoms with Crippen LogP contribution in [0.2, 0.25) is 0 Å². The Hall–Kier alpha value is -3.30. The van der Waals surface area contributed by atoms with Crippen LogP contribution in [0.3, 0.4) is 0 Å². The lowest BCUT2D eigenvalue weighted by Crippen LogP contribution is -2.63. The van der Waals surface area contributed by atoms with Crippen molar-refractivity contribution in [2.45, 2.75) is 70.2 Å². The number of aliphatic hydroxyl groups excluding tert-OH is 2. The number of nitrogens with two attached hydrogens (primary N) is 1. The molecule has 3 saturated carbocycles. The van der Waals surface area contributed by atoms with Crippen LogP contribution >= 0.6 is 0 Å². The van der Waals surface area contributed by atoms with E-state index in [2.05, 4.69) is 6.92 Å². The molecule has 43 heavy (non-hydrogen) atoms. The number of carbonyl (C=O) groups is 2. The third-order valence-corrected chi connectivity index (χ3v) is 11.3. The van der Waals surface area contributed by atoms with Gasteiger partial charge in [0.25, 0.3) is 0 Å². The van der Waals surface area contributed by atoms with Gasteiger partial charge in [-0.15, -0.1) is 0 Å². The molecule has 1 saturated heterocycles. The van der Waals surface area contributed by atoms with Crippen LogP contribution in [0.5, 0.6) is 5.75 Å². The second kappa shape index (κ2) is 10.1. The molecule has 7 rings (SSSR count). The number of hydrogen-bond acceptors (Lipinski definition) is 8. The summed E-state index contributed by atoms with van der Waals surface area (Å²) < 4.78 is 19.2. The van der Waals surface area contributed by atoms with E-state index in [0.29, 0.717) is 30.9 Å². The Morgan fingerprint density at radius 2 is 1.95 bits per heavy atom. The minimum Gasteiger partial charge on any atom is -0.489 e. The van der Waals surface area contributed by atoms with E-state index in [1.165, 1.54) is 0 Å². The highest BCUT2D eigenvalue weighted by atomic mass is 16.7. The van der Waals surface area contributed by atoms with Gasteiger partial charge in [-0.2, -0.15) is 0 Å². The largest absolute Gasteiger partial charge is 0.489 e. The Morgan fingerprint density at radius 1 is 1.16 bits per heavy atom. The van der Waals surface area contributed by atoms with Gasteiger partial charge >= 0.3 is 0 Å². The van der Waals surface area contributed by atoms with E-state index in [9.17, 15) is 19.8 Å². The van der Waals surface area contributed by atoms with Crippen LogP contribution in [0.1, 0.15) is 56.9 Å².